The molecule has 0 unspecified atom stereocenters. The van der Waals surface area contributed by atoms with Crippen LogP contribution in [0.1, 0.15) is 23.7 Å². The minimum Gasteiger partial charge on any atom is -0.478 e. The second-order valence-electron chi connectivity index (χ2n) is 3.98. The summed E-state index contributed by atoms with van der Waals surface area (Å²) in [5.41, 5.74) is -0.994. The van der Waals surface area contributed by atoms with Crippen LogP contribution in [0, 0.1) is 5.82 Å². The van der Waals surface area contributed by atoms with Crippen molar-refractivity contribution in [3.63, 3.8) is 0 Å². The van der Waals surface area contributed by atoms with Crippen LogP contribution >= 0.6 is 0 Å². The van der Waals surface area contributed by atoms with Gasteiger partial charge in [-0.3, -0.25) is 0 Å². The summed E-state index contributed by atoms with van der Waals surface area (Å²) in [5.74, 6) is -2.63. The highest BCUT2D eigenvalue weighted by Crippen LogP contribution is 2.27. The van der Waals surface area contributed by atoms with Gasteiger partial charge < -0.3 is 10.0 Å². The highest BCUT2D eigenvalue weighted by Gasteiger charge is 2.32. The molecule has 1 aromatic carbocycles. The van der Waals surface area contributed by atoms with Crippen LogP contribution < -0.4 is 4.90 Å². The Bertz CT molecular complexity index is 460. The normalized spacial score (nSPS) is 11.4. The molecule has 0 bridgehead atoms. The Balaban J connectivity index is 3.22. The Morgan fingerprint density at radius 3 is 2.47 bits per heavy atom. The minimum atomic E-state index is -4.49. The van der Waals surface area contributed by atoms with Crippen LogP contribution in [0.5, 0.6) is 0 Å². The molecule has 106 valence electrons. The first-order chi connectivity index (χ1) is 8.76. The van der Waals surface area contributed by atoms with Gasteiger partial charge in [-0.15, -0.1) is 0 Å². The third-order valence-corrected chi connectivity index (χ3v) is 2.41. The molecule has 1 aromatic rings. The number of hydrogen-bond donors (Lipinski definition) is 1. The number of nitrogens with zero attached hydrogens (tertiary/aromatic N) is 1. The Morgan fingerprint density at radius 1 is 1.37 bits per heavy atom. The minimum absolute atomic E-state index is 0.0107. The second-order valence-corrected chi connectivity index (χ2v) is 3.98. The lowest BCUT2D eigenvalue weighted by molar-refractivity contribution is -0.119. The van der Waals surface area contributed by atoms with Crippen molar-refractivity contribution in [1.29, 1.82) is 0 Å². The van der Waals surface area contributed by atoms with Crippen LogP contribution in [0.3, 0.4) is 0 Å². The highest BCUT2D eigenvalue weighted by molar-refractivity contribution is 5.94. The molecule has 0 aliphatic carbocycles. The number of benzene rings is 1. The molecule has 0 amide bonds. The zero-order valence-electron chi connectivity index (χ0n) is 10.2. The first kappa shape index (κ1) is 15.3. The monoisotopic (exact) mass is 279 g/mol. The number of halogens is 4. The predicted octanol–water partition coefficient (Wildman–Crippen LogP) is 3.30. The average molecular weight is 279 g/mol. The summed E-state index contributed by atoms with van der Waals surface area (Å²) in [7, 11) is 0. The number of carboxylic acids is 1. The number of rotatable bonds is 5. The zero-order chi connectivity index (χ0) is 14.6. The van der Waals surface area contributed by atoms with Crippen LogP contribution in [0.2, 0.25) is 0 Å². The van der Waals surface area contributed by atoms with E-state index in [1.807, 2.05) is 0 Å². The quantitative estimate of drug-likeness (QED) is 0.841. The third-order valence-electron chi connectivity index (χ3n) is 2.41. The lowest BCUT2D eigenvalue weighted by atomic mass is 10.1. The van der Waals surface area contributed by atoms with Gasteiger partial charge in [0.05, 0.1) is 5.69 Å². The molecule has 0 heterocycles. The number of carboxylic acid groups (broad SMARTS) is 1. The van der Waals surface area contributed by atoms with Gasteiger partial charge >= 0.3 is 12.1 Å². The molecule has 0 aromatic heterocycles. The number of anilines is 1. The summed E-state index contributed by atoms with van der Waals surface area (Å²) in [4.78, 5) is 11.8. The number of hydrogen-bond acceptors (Lipinski definition) is 2. The molecule has 1 rings (SSSR count). The highest BCUT2D eigenvalue weighted by atomic mass is 19.4. The zero-order valence-corrected chi connectivity index (χ0v) is 10.2. The standard InChI is InChI=1S/C12H13F4NO2/c1-2-6-17(7-12(14,15)16)9-5-3-4-8(13)10(9)11(18)19/h3-5H,2,6-7H2,1H3,(H,18,19). The molecule has 3 nitrogen and oxygen atoms in total. The fourth-order valence-electron chi connectivity index (χ4n) is 1.76. The van der Waals surface area contributed by atoms with Gasteiger partial charge in [0.25, 0.3) is 0 Å². The summed E-state index contributed by atoms with van der Waals surface area (Å²) in [6, 6.07) is 3.27. The van der Waals surface area contributed by atoms with E-state index in [2.05, 4.69) is 0 Å². The van der Waals surface area contributed by atoms with E-state index in [4.69, 9.17) is 5.11 Å². The van der Waals surface area contributed by atoms with Crippen LogP contribution in [0.4, 0.5) is 23.2 Å². The molecule has 7 heteroatoms. The molecule has 0 saturated heterocycles. The van der Waals surface area contributed by atoms with Crippen LogP contribution in [-0.2, 0) is 0 Å². The van der Waals surface area contributed by atoms with Crippen LogP contribution in [-0.4, -0.2) is 30.3 Å². The van der Waals surface area contributed by atoms with Gasteiger partial charge in [-0.2, -0.15) is 13.2 Å². The van der Waals surface area contributed by atoms with Gasteiger partial charge in [-0.05, 0) is 18.6 Å². The molecule has 0 saturated carbocycles. The molecule has 19 heavy (non-hydrogen) atoms. The fourth-order valence-corrected chi connectivity index (χ4v) is 1.76. The number of carbonyl (C=O) groups is 1. The van der Waals surface area contributed by atoms with Crippen molar-refractivity contribution in [2.24, 2.45) is 0 Å². The fraction of sp³-hybridized carbons (Fsp3) is 0.417. The molecular weight excluding hydrogens is 266 g/mol. The van der Waals surface area contributed by atoms with Crippen molar-refractivity contribution in [2.75, 3.05) is 18.0 Å². The van der Waals surface area contributed by atoms with Gasteiger partial charge in [-0.1, -0.05) is 13.0 Å². The summed E-state index contributed by atoms with van der Waals surface area (Å²) < 4.78 is 50.8. The molecule has 0 fully saturated rings. The Hall–Kier alpha value is -1.79. The lowest BCUT2D eigenvalue weighted by Crippen LogP contribution is -2.36. The summed E-state index contributed by atoms with van der Waals surface area (Å²) in [6.45, 7) is 0.330. The van der Waals surface area contributed by atoms with Gasteiger partial charge in [-0.25, -0.2) is 9.18 Å². The maximum atomic E-state index is 13.4. The molecule has 0 spiro atoms. The smallest absolute Gasteiger partial charge is 0.405 e. The van der Waals surface area contributed by atoms with Crippen molar-refractivity contribution >= 4 is 11.7 Å². The molecular formula is C12H13F4NO2. The summed E-state index contributed by atoms with van der Waals surface area (Å²) in [6.07, 6.45) is -4.11. The van der Waals surface area contributed by atoms with Crippen LogP contribution in [0.15, 0.2) is 18.2 Å². The summed E-state index contributed by atoms with van der Waals surface area (Å²) >= 11 is 0. The topological polar surface area (TPSA) is 40.5 Å². The van der Waals surface area contributed by atoms with E-state index in [9.17, 15) is 22.4 Å². The van der Waals surface area contributed by atoms with Crippen molar-refractivity contribution < 1.29 is 27.5 Å². The Labute approximate surface area is 107 Å². The first-order valence-electron chi connectivity index (χ1n) is 5.59. The van der Waals surface area contributed by atoms with E-state index in [0.717, 1.165) is 11.0 Å². The summed E-state index contributed by atoms with van der Waals surface area (Å²) in [5, 5.41) is 8.91. The van der Waals surface area contributed by atoms with Crippen molar-refractivity contribution in [3.8, 4) is 0 Å². The third kappa shape index (κ3) is 4.11. The van der Waals surface area contributed by atoms with E-state index in [1.54, 1.807) is 6.92 Å². The maximum Gasteiger partial charge on any atom is 0.405 e. The van der Waals surface area contributed by atoms with Gasteiger partial charge in [0, 0.05) is 6.54 Å². The second kappa shape index (κ2) is 5.90. The SMILES string of the molecule is CCCN(CC(F)(F)F)c1cccc(F)c1C(=O)O. The molecule has 1 N–H and O–H groups in total. The number of alkyl halides is 3. The molecule has 0 atom stereocenters. The average Bonchev–Trinajstić information content (AvgIpc) is 2.25. The van der Waals surface area contributed by atoms with Gasteiger partial charge in [0.1, 0.15) is 17.9 Å². The van der Waals surface area contributed by atoms with E-state index in [0.29, 0.717) is 6.42 Å². The lowest BCUT2D eigenvalue weighted by Gasteiger charge is -2.26. The van der Waals surface area contributed by atoms with E-state index >= 15 is 0 Å². The molecule has 0 radical (unpaired) electrons. The predicted molar refractivity (Wildman–Crippen MR) is 61.9 cm³/mol. The van der Waals surface area contributed by atoms with Crippen molar-refractivity contribution in [1.82, 2.24) is 0 Å². The van der Waals surface area contributed by atoms with Crippen molar-refractivity contribution in [3.05, 3.63) is 29.6 Å². The van der Waals surface area contributed by atoms with Gasteiger partial charge in [0.2, 0.25) is 0 Å². The first-order valence-corrected chi connectivity index (χ1v) is 5.59. The Kier molecular flexibility index (Phi) is 4.74. The maximum absolute atomic E-state index is 13.4. The van der Waals surface area contributed by atoms with E-state index in [1.165, 1.54) is 12.1 Å². The van der Waals surface area contributed by atoms with E-state index in [-0.39, 0.29) is 12.2 Å². The Morgan fingerprint density at radius 2 is 2.00 bits per heavy atom. The van der Waals surface area contributed by atoms with Crippen LogP contribution in [0.25, 0.3) is 0 Å². The largest absolute Gasteiger partial charge is 0.478 e. The number of aromatic carboxylic acids is 1. The molecule has 0 aliphatic heterocycles. The van der Waals surface area contributed by atoms with E-state index < -0.39 is 30.1 Å². The van der Waals surface area contributed by atoms with Crippen molar-refractivity contribution in [2.45, 2.75) is 19.5 Å². The van der Waals surface area contributed by atoms with Gasteiger partial charge in [0.15, 0.2) is 0 Å². The molecule has 0 aliphatic rings.